The van der Waals surface area contributed by atoms with Crippen LogP contribution >= 0.6 is 0 Å². The van der Waals surface area contributed by atoms with Crippen LogP contribution in [0.5, 0.6) is 5.75 Å². The first-order valence-corrected chi connectivity index (χ1v) is 12.9. The van der Waals surface area contributed by atoms with Crippen molar-refractivity contribution in [1.82, 2.24) is 0 Å². The van der Waals surface area contributed by atoms with E-state index in [1.54, 1.807) is 12.1 Å². The molecule has 0 radical (unpaired) electrons. The van der Waals surface area contributed by atoms with Gasteiger partial charge in [0.25, 0.3) is 0 Å². The Morgan fingerprint density at radius 2 is 1.19 bits per heavy atom. The Morgan fingerprint density at radius 1 is 0.774 bits per heavy atom. The van der Waals surface area contributed by atoms with Crippen molar-refractivity contribution in [2.24, 2.45) is 0 Å². The van der Waals surface area contributed by atoms with Crippen molar-refractivity contribution in [1.29, 1.82) is 0 Å². The van der Waals surface area contributed by atoms with Crippen LogP contribution in [0.1, 0.15) is 135 Å². The van der Waals surface area contributed by atoms with Crippen molar-refractivity contribution in [3.8, 4) is 5.75 Å². The van der Waals surface area contributed by atoms with Crippen LogP contribution in [-0.4, -0.2) is 16.7 Å². The van der Waals surface area contributed by atoms with E-state index >= 15 is 0 Å². The third-order valence-electron chi connectivity index (χ3n) is 5.83. The van der Waals surface area contributed by atoms with Gasteiger partial charge in [-0.2, -0.15) is 0 Å². The summed E-state index contributed by atoms with van der Waals surface area (Å²) in [7, 11) is 0. The molecule has 1 aromatic carbocycles. The molecule has 0 aliphatic carbocycles. The van der Waals surface area contributed by atoms with Gasteiger partial charge in [0.15, 0.2) is 0 Å². The molecule has 0 aromatic heterocycles. The highest BCUT2D eigenvalue weighted by atomic mass is 16.6. The van der Waals surface area contributed by atoms with Crippen molar-refractivity contribution < 1.29 is 14.6 Å². The van der Waals surface area contributed by atoms with E-state index in [4.69, 9.17) is 4.74 Å². The second-order valence-electron chi connectivity index (χ2n) is 10.1. The number of ether oxygens (including phenoxy) is 1. The summed E-state index contributed by atoms with van der Waals surface area (Å²) in [5.74, 6) is -0.187. The lowest BCUT2D eigenvalue weighted by atomic mass is 9.92. The van der Waals surface area contributed by atoms with Gasteiger partial charge in [-0.25, -0.2) is 0 Å². The van der Waals surface area contributed by atoms with Gasteiger partial charge in [0.05, 0.1) is 5.92 Å². The molecule has 0 aliphatic rings. The molecule has 1 atom stereocenters. The topological polar surface area (TPSA) is 46.5 Å². The maximum Gasteiger partial charge on any atom is 0.313 e. The fourth-order valence-corrected chi connectivity index (χ4v) is 4.04. The zero-order chi connectivity index (χ0) is 23.0. The Morgan fingerprint density at radius 3 is 1.61 bits per heavy atom. The highest BCUT2D eigenvalue weighted by molar-refractivity contribution is 5.78. The van der Waals surface area contributed by atoms with Gasteiger partial charge < -0.3 is 9.84 Å². The standard InChI is InChI=1S/C28H48O3/c1-5-6-7-8-9-10-11-12-13-14-15-16-17-18-19-26(27(30)31-28(2,3)4)24-20-22-25(29)23-21-24/h20-23,26,29H,5-19H2,1-4H3. The Bertz CT molecular complexity index is 571. The number of unbranched alkanes of at least 4 members (excludes halogenated alkanes) is 13. The highest BCUT2D eigenvalue weighted by Crippen LogP contribution is 2.28. The molecule has 31 heavy (non-hydrogen) atoms. The first kappa shape index (κ1) is 27.5. The van der Waals surface area contributed by atoms with E-state index in [0.717, 1.165) is 24.8 Å². The number of esters is 1. The molecule has 3 heteroatoms. The molecule has 178 valence electrons. The molecule has 1 rings (SSSR count). The molecule has 0 saturated carbocycles. The molecule has 0 heterocycles. The van der Waals surface area contributed by atoms with E-state index in [1.807, 2.05) is 32.9 Å². The highest BCUT2D eigenvalue weighted by Gasteiger charge is 2.26. The molecular weight excluding hydrogens is 384 g/mol. The number of phenols is 1. The number of hydrogen-bond acceptors (Lipinski definition) is 3. The smallest absolute Gasteiger partial charge is 0.313 e. The molecule has 0 fully saturated rings. The van der Waals surface area contributed by atoms with Gasteiger partial charge in [0, 0.05) is 0 Å². The van der Waals surface area contributed by atoms with Gasteiger partial charge in [-0.3, -0.25) is 4.79 Å². The maximum atomic E-state index is 12.7. The number of benzene rings is 1. The van der Waals surface area contributed by atoms with E-state index in [-0.39, 0.29) is 17.6 Å². The van der Waals surface area contributed by atoms with Gasteiger partial charge in [0.2, 0.25) is 0 Å². The van der Waals surface area contributed by atoms with Crippen LogP contribution in [0.3, 0.4) is 0 Å². The van der Waals surface area contributed by atoms with Crippen molar-refractivity contribution in [3.63, 3.8) is 0 Å². The van der Waals surface area contributed by atoms with Gasteiger partial charge in [0.1, 0.15) is 11.4 Å². The first-order valence-electron chi connectivity index (χ1n) is 12.9. The van der Waals surface area contributed by atoms with Crippen LogP contribution in [0, 0.1) is 0 Å². The maximum absolute atomic E-state index is 12.7. The van der Waals surface area contributed by atoms with E-state index in [2.05, 4.69) is 6.92 Å². The summed E-state index contributed by atoms with van der Waals surface area (Å²) in [6, 6.07) is 6.98. The molecule has 1 N–H and O–H groups in total. The number of aromatic hydroxyl groups is 1. The predicted octanol–water partition coefficient (Wildman–Crippen LogP) is 8.69. The third-order valence-corrected chi connectivity index (χ3v) is 5.83. The van der Waals surface area contributed by atoms with E-state index < -0.39 is 5.60 Å². The molecular formula is C28H48O3. The van der Waals surface area contributed by atoms with Gasteiger partial charge in [-0.15, -0.1) is 0 Å². The second kappa shape index (κ2) is 16.2. The van der Waals surface area contributed by atoms with E-state index in [0.29, 0.717) is 0 Å². The Kier molecular flexibility index (Phi) is 14.4. The molecule has 0 amide bonds. The summed E-state index contributed by atoms with van der Waals surface area (Å²) in [4.78, 5) is 12.7. The quantitative estimate of drug-likeness (QED) is 0.198. The first-order chi connectivity index (χ1) is 14.8. The summed E-state index contributed by atoms with van der Waals surface area (Å²) in [5, 5.41) is 9.56. The van der Waals surface area contributed by atoms with Crippen LogP contribution < -0.4 is 0 Å². The minimum atomic E-state index is -0.484. The number of hydrogen-bond donors (Lipinski definition) is 1. The fraction of sp³-hybridized carbons (Fsp3) is 0.750. The molecule has 0 spiro atoms. The SMILES string of the molecule is CCCCCCCCCCCCCCCCC(C(=O)OC(C)(C)C)c1ccc(O)cc1. The summed E-state index contributed by atoms with van der Waals surface area (Å²) >= 11 is 0. The van der Waals surface area contributed by atoms with Crippen molar-refractivity contribution >= 4 is 5.97 Å². The van der Waals surface area contributed by atoms with E-state index in [1.165, 1.54) is 77.0 Å². The second-order valence-corrected chi connectivity index (χ2v) is 10.1. The largest absolute Gasteiger partial charge is 0.508 e. The Balaban J connectivity index is 2.20. The summed E-state index contributed by atoms with van der Waals surface area (Å²) in [5.41, 5.74) is 0.448. The zero-order valence-electron chi connectivity index (χ0n) is 20.8. The molecule has 0 bridgehead atoms. The fourth-order valence-electron chi connectivity index (χ4n) is 4.04. The minimum absolute atomic E-state index is 0.159. The number of rotatable bonds is 17. The van der Waals surface area contributed by atoms with Crippen molar-refractivity contribution in [2.75, 3.05) is 0 Å². The van der Waals surface area contributed by atoms with Gasteiger partial charge in [-0.05, 0) is 44.9 Å². The van der Waals surface area contributed by atoms with Crippen LogP contribution in [0.25, 0.3) is 0 Å². The molecule has 0 saturated heterocycles. The summed E-state index contributed by atoms with van der Waals surface area (Å²) in [6.07, 6.45) is 19.4. The minimum Gasteiger partial charge on any atom is -0.508 e. The normalized spacial score (nSPS) is 12.6. The number of carbonyl (C=O) groups excluding carboxylic acids is 1. The Hall–Kier alpha value is -1.51. The monoisotopic (exact) mass is 432 g/mol. The lowest BCUT2D eigenvalue weighted by molar-refractivity contribution is -0.157. The third kappa shape index (κ3) is 14.2. The van der Waals surface area contributed by atoms with Crippen LogP contribution in [0.15, 0.2) is 24.3 Å². The van der Waals surface area contributed by atoms with Crippen LogP contribution in [0.2, 0.25) is 0 Å². The molecule has 0 aliphatic heterocycles. The number of carbonyl (C=O) groups is 1. The predicted molar refractivity (Wildman–Crippen MR) is 132 cm³/mol. The lowest BCUT2D eigenvalue weighted by Crippen LogP contribution is -2.27. The number of phenolic OH excluding ortho intramolecular Hbond substituents is 1. The van der Waals surface area contributed by atoms with Gasteiger partial charge >= 0.3 is 5.97 Å². The van der Waals surface area contributed by atoms with Crippen LogP contribution in [0.4, 0.5) is 0 Å². The van der Waals surface area contributed by atoms with Crippen molar-refractivity contribution in [2.45, 2.75) is 136 Å². The van der Waals surface area contributed by atoms with Crippen molar-refractivity contribution in [3.05, 3.63) is 29.8 Å². The Labute approximate surface area is 192 Å². The zero-order valence-corrected chi connectivity index (χ0v) is 20.8. The summed E-state index contributed by atoms with van der Waals surface area (Å²) in [6.45, 7) is 8.00. The van der Waals surface area contributed by atoms with Gasteiger partial charge in [-0.1, -0.05) is 109 Å². The van der Waals surface area contributed by atoms with Crippen LogP contribution in [-0.2, 0) is 9.53 Å². The molecule has 1 unspecified atom stereocenters. The lowest BCUT2D eigenvalue weighted by Gasteiger charge is -2.24. The molecule has 3 nitrogen and oxygen atoms in total. The average Bonchev–Trinajstić information content (AvgIpc) is 2.70. The summed E-state index contributed by atoms with van der Waals surface area (Å²) < 4.78 is 5.65. The molecule has 1 aromatic rings. The average molecular weight is 433 g/mol. The van der Waals surface area contributed by atoms with E-state index in [9.17, 15) is 9.90 Å².